The molecule has 11 heteroatoms. The first kappa shape index (κ1) is 21.4. The van der Waals surface area contributed by atoms with Crippen molar-refractivity contribution >= 4 is 34.9 Å². The number of rotatable bonds is 4. The van der Waals surface area contributed by atoms with Crippen LogP contribution in [-0.2, 0) is 6.18 Å². The standard InChI is InChI=1S/C18H17Cl2F3N4O2/c1-2-29-14-4-3-12(19)15(25-14)17(28)27-7-5-26(6-8-27)16-13(20)9-11(10-24-16)18(21,22)23/h3-4,9-10H,2,5-8H2,1H3. The van der Waals surface area contributed by atoms with Gasteiger partial charge in [-0.3, -0.25) is 4.79 Å². The monoisotopic (exact) mass is 448 g/mol. The number of carbonyl (C=O) groups excluding carboxylic acids is 1. The predicted octanol–water partition coefficient (Wildman–Crippen LogP) is 4.16. The van der Waals surface area contributed by atoms with Crippen molar-refractivity contribution in [3.63, 3.8) is 0 Å². The Morgan fingerprint density at radius 1 is 1.17 bits per heavy atom. The molecular weight excluding hydrogens is 432 g/mol. The minimum absolute atomic E-state index is 0.0891. The van der Waals surface area contributed by atoms with Crippen molar-refractivity contribution in [2.45, 2.75) is 13.1 Å². The first-order valence-electron chi connectivity index (χ1n) is 8.77. The molecule has 1 amide bonds. The van der Waals surface area contributed by atoms with E-state index in [0.717, 1.165) is 12.3 Å². The Morgan fingerprint density at radius 2 is 1.86 bits per heavy atom. The summed E-state index contributed by atoms with van der Waals surface area (Å²) in [5.41, 5.74) is -0.813. The van der Waals surface area contributed by atoms with Crippen LogP contribution >= 0.6 is 23.2 Å². The Morgan fingerprint density at radius 3 is 2.45 bits per heavy atom. The predicted molar refractivity (Wildman–Crippen MR) is 103 cm³/mol. The molecule has 1 saturated heterocycles. The summed E-state index contributed by atoms with van der Waals surface area (Å²) in [5, 5.41) is 0.127. The number of alkyl halides is 3. The van der Waals surface area contributed by atoms with Crippen LogP contribution in [0.2, 0.25) is 10.0 Å². The topological polar surface area (TPSA) is 58.6 Å². The third-order valence-electron chi connectivity index (χ3n) is 4.33. The highest BCUT2D eigenvalue weighted by Gasteiger charge is 2.33. The second-order valence-corrected chi connectivity index (χ2v) is 7.03. The van der Waals surface area contributed by atoms with E-state index in [1.165, 1.54) is 0 Å². The number of hydrogen-bond donors (Lipinski definition) is 0. The molecule has 156 valence electrons. The van der Waals surface area contributed by atoms with Gasteiger partial charge >= 0.3 is 6.18 Å². The van der Waals surface area contributed by atoms with E-state index in [-0.39, 0.29) is 27.5 Å². The maximum Gasteiger partial charge on any atom is 0.417 e. The fourth-order valence-electron chi connectivity index (χ4n) is 2.89. The Balaban J connectivity index is 1.69. The lowest BCUT2D eigenvalue weighted by molar-refractivity contribution is -0.137. The first-order valence-corrected chi connectivity index (χ1v) is 9.52. The number of aromatic nitrogens is 2. The van der Waals surface area contributed by atoms with E-state index < -0.39 is 11.7 Å². The van der Waals surface area contributed by atoms with Crippen molar-refractivity contribution in [3.8, 4) is 5.88 Å². The average molecular weight is 449 g/mol. The molecule has 0 radical (unpaired) electrons. The molecule has 1 aliphatic heterocycles. The van der Waals surface area contributed by atoms with Crippen LogP contribution in [0.25, 0.3) is 0 Å². The van der Waals surface area contributed by atoms with Gasteiger partial charge in [0.2, 0.25) is 5.88 Å². The summed E-state index contributed by atoms with van der Waals surface area (Å²) in [7, 11) is 0. The van der Waals surface area contributed by atoms with Crippen LogP contribution in [0.15, 0.2) is 24.4 Å². The molecule has 1 aliphatic rings. The summed E-state index contributed by atoms with van der Waals surface area (Å²) in [4.78, 5) is 24.1. The van der Waals surface area contributed by atoms with Crippen molar-refractivity contribution in [2.75, 3.05) is 37.7 Å². The van der Waals surface area contributed by atoms with Crippen molar-refractivity contribution in [2.24, 2.45) is 0 Å². The number of nitrogens with zero attached hydrogens (tertiary/aromatic N) is 4. The van der Waals surface area contributed by atoms with E-state index in [1.54, 1.807) is 28.9 Å². The maximum atomic E-state index is 12.8. The zero-order valence-electron chi connectivity index (χ0n) is 15.3. The van der Waals surface area contributed by atoms with Crippen LogP contribution < -0.4 is 9.64 Å². The van der Waals surface area contributed by atoms with Crippen molar-refractivity contribution < 1.29 is 22.7 Å². The second-order valence-electron chi connectivity index (χ2n) is 6.22. The van der Waals surface area contributed by atoms with Gasteiger partial charge in [-0.2, -0.15) is 13.2 Å². The molecule has 0 atom stereocenters. The van der Waals surface area contributed by atoms with E-state index in [1.807, 2.05) is 0 Å². The van der Waals surface area contributed by atoms with Gasteiger partial charge < -0.3 is 14.5 Å². The minimum Gasteiger partial charge on any atom is -0.478 e. The lowest BCUT2D eigenvalue weighted by atomic mass is 10.2. The molecule has 0 saturated carbocycles. The number of piperazine rings is 1. The van der Waals surface area contributed by atoms with E-state index in [2.05, 4.69) is 9.97 Å². The number of pyridine rings is 2. The van der Waals surface area contributed by atoms with Gasteiger partial charge in [-0.1, -0.05) is 23.2 Å². The first-order chi connectivity index (χ1) is 13.7. The molecule has 29 heavy (non-hydrogen) atoms. The Bertz CT molecular complexity index is 903. The highest BCUT2D eigenvalue weighted by atomic mass is 35.5. The largest absolute Gasteiger partial charge is 0.478 e. The lowest BCUT2D eigenvalue weighted by Crippen LogP contribution is -2.49. The second kappa shape index (κ2) is 8.62. The summed E-state index contributed by atoms with van der Waals surface area (Å²) in [5.74, 6) is 0.212. The molecule has 6 nitrogen and oxygen atoms in total. The summed E-state index contributed by atoms with van der Waals surface area (Å²) in [6.07, 6.45) is -3.76. The zero-order chi connectivity index (χ0) is 21.2. The number of halogens is 5. The fraction of sp³-hybridized carbons (Fsp3) is 0.389. The van der Waals surface area contributed by atoms with Gasteiger partial charge in [0.15, 0.2) is 5.69 Å². The maximum absolute atomic E-state index is 12.8. The van der Waals surface area contributed by atoms with Gasteiger partial charge in [-0.15, -0.1) is 0 Å². The zero-order valence-corrected chi connectivity index (χ0v) is 16.9. The summed E-state index contributed by atoms with van der Waals surface area (Å²) in [6.45, 7) is 3.54. The molecule has 1 fully saturated rings. The molecule has 0 aromatic carbocycles. The normalized spacial score (nSPS) is 14.8. The number of anilines is 1. The van der Waals surface area contributed by atoms with E-state index in [4.69, 9.17) is 27.9 Å². The van der Waals surface area contributed by atoms with Crippen molar-refractivity contribution in [1.29, 1.82) is 0 Å². The van der Waals surface area contributed by atoms with Crippen LogP contribution in [0.1, 0.15) is 23.0 Å². The average Bonchev–Trinajstić information content (AvgIpc) is 2.68. The number of amides is 1. The van der Waals surface area contributed by atoms with Gasteiger partial charge in [0.1, 0.15) is 5.82 Å². The molecule has 0 spiro atoms. The summed E-state index contributed by atoms with van der Waals surface area (Å²) < 4.78 is 43.6. The number of ether oxygens (including phenoxy) is 1. The van der Waals surface area contributed by atoms with Crippen LogP contribution in [0.4, 0.5) is 19.0 Å². The molecular formula is C18H17Cl2F3N4O2. The lowest BCUT2D eigenvalue weighted by Gasteiger charge is -2.35. The minimum atomic E-state index is -4.51. The van der Waals surface area contributed by atoms with Gasteiger partial charge in [-0.25, -0.2) is 9.97 Å². The summed E-state index contributed by atoms with van der Waals surface area (Å²) >= 11 is 12.1. The third kappa shape index (κ3) is 4.84. The van der Waals surface area contributed by atoms with Crippen LogP contribution in [0.3, 0.4) is 0 Å². The van der Waals surface area contributed by atoms with Gasteiger partial charge in [0.05, 0.1) is 22.2 Å². The van der Waals surface area contributed by atoms with Gasteiger partial charge in [-0.05, 0) is 19.1 Å². The molecule has 2 aromatic heterocycles. The van der Waals surface area contributed by atoms with Gasteiger partial charge in [0, 0.05) is 38.4 Å². The molecule has 3 heterocycles. The third-order valence-corrected chi connectivity index (χ3v) is 4.91. The highest BCUT2D eigenvalue weighted by Crippen LogP contribution is 2.33. The Hall–Kier alpha value is -2.26. The van der Waals surface area contributed by atoms with Crippen LogP contribution in [-0.4, -0.2) is 53.6 Å². The van der Waals surface area contributed by atoms with Crippen molar-refractivity contribution in [1.82, 2.24) is 14.9 Å². The Kier molecular flexibility index (Phi) is 6.38. The van der Waals surface area contributed by atoms with E-state index >= 15 is 0 Å². The molecule has 0 N–H and O–H groups in total. The van der Waals surface area contributed by atoms with E-state index in [0.29, 0.717) is 38.7 Å². The molecule has 0 unspecified atom stereocenters. The fourth-order valence-corrected chi connectivity index (χ4v) is 3.36. The SMILES string of the molecule is CCOc1ccc(Cl)c(C(=O)N2CCN(c3ncc(C(F)(F)F)cc3Cl)CC2)n1. The molecule has 0 bridgehead atoms. The molecule has 3 rings (SSSR count). The van der Waals surface area contributed by atoms with Crippen LogP contribution in [0.5, 0.6) is 5.88 Å². The number of hydrogen-bond acceptors (Lipinski definition) is 5. The van der Waals surface area contributed by atoms with E-state index in [9.17, 15) is 18.0 Å². The molecule has 2 aromatic rings. The van der Waals surface area contributed by atoms with Crippen molar-refractivity contribution in [3.05, 3.63) is 45.7 Å². The van der Waals surface area contributed by atoms with Gasteiger partial charge in [0.25, 0.3) is 5.91 Å². The van der Waals surface area contributed by atoms with Crippen LogP contribution in [0, 0.1) is 0 Å². The highest BCUT2D eigenvalue weighted by molar-refractivity contribution is 6.33. The molecule has 0 aliphatic carbocycles. The quantitative estimate of drug-likeness (QED) is 0.702. The number of carbonyl (C=O) groups is 1. The Labute approximate surface area is 175 Å². The smallest absolute Gasteiger partial charge is 0.417 e. The summed E-state index contributed by atoms with van der Waals surface area (Å²) in [6, 6.07) is 3.98.